The molecule has 19 heavy (non-hydrogen) atoms. The smallest absolute Gasteiger partial charge is 0.253 e. The molecule has 1 aliphatic rings. The highest BCUT2D eigenvalue weighted by Crippen LogP contribution is 2.14. The van der Waals surface area contributed by atoms with Crippen LogP contribution >= 0.6 is 12.4 Å². The topological polar surface area (TPSA) is 32.3 Å². The predicted octanol–water partition coefficient (Wildman–Crippen LogP) is 2.55. The minimum Gasteiger partial charge on any atom is -0.336 e. The lowest BCUT2D eigenvalue weighted by molar-refractivity contribution is 0.0673. The molecule has 0 bridgehead atoms. The molecule has 1 fully saturated rings. The maximum Gasteiger partial charge on any atom is 0.253 e. The highest BCUT2D eigenvalue weighted by molar-refractivity contribution is 5.94. The van der Waals surface area contributed by atoms with Crippen molar-refractivity contribution in [2.45, 2.75) is 39.8 Å². The zero-order valence-electron chi connectivity index (χ0n) is 12.1. The lowest BCUT2D eigenvalue weighted by Crippen LogP contribution is -2.55. The summed E-state index contributed by atoms with van der Waals surface area (Å²) in [7, 11) is 0. The molecule has 1 amide bonds. The first-order chi connectivity index (χ1) is 8.45. The Morgan fingerprint density at radius 2 is 1.58 bits per heavy atom. The van der Waals surface area contributed by atoms with Crippen molar-refractivity contribution in [3.63, 3.8) is 0 Å². The van der Waals surface area contributed by atoms with Crippen molar-refractivity contribution in [1.82, 2.24) is 10.2 Å². The molecule has 106 valence electrons. The number of piperazine rings is 1. The van der Waals surface area contributed by atoms with Crippen LogP contribution in [0.3, 0.4) is 0 Å². The quantitative estimate of drug-likeness (QED) is 0.859. The molecule has 1 aromatic rings. The van der Waals surface area contributed by atoms with Gasteiger partial charge in [-0.25, -0.2) is 0 Å². The van der Waals surface area contributed by atoms with Gasteiger partial charge in [-0.1, -0.05) is 17.2 Å². The van der Waals surface area contributed by atoms with Crippen LogP contribution in [0.4, 0.5) is 0 Å². The average Bonchev–Trinajstić information content (AvgIpc) is 2.25. The van der Waals surface area contributed by atoms with Crippen molar-refractivity contribution in [1.29, 1.82) is 0 Å². The van der Waals surface area contributed by atoms with E-state index in [4.69, 9.17) is 0 Å². The van der Waals surface area contributed by atoms with E-state index in [2.05, 4.69) is 25.2 Å². The third-order valence-electron chi connectivity index (χ3n) is 3.31. The summed E-state index contributed by atoms with van der Waals surface area (Å²) in [5.74, 6) is 0.155. The predicted molar refractivity (Wildman–Crippen MR) is 81.1 cm³/mol. The molecular weight excluding hydrogens is 260 g/mol. The van der Waals surface area contributed by atoms with Crippen LogP contribution in [0.2, 0.25) is 0 Å². The van der Waals surface area contributed by atoms with Gasteiger partial charge in [-0.3, -0.25) is 4.79 Å². The SMILES string of the molecule is Cc1cc(C)cc(C(=O)N2CC(C)NC(C)C2)c1.Cl. The van der Waals surface area contributed by atoms with E-state index >= 15 is 0 Å². The molecule has 1 N–H and O–H groups in total. The summed E-state index contributed by atoms with van der Waals surface area (Å²) in [6, 6.07) is 6.78. The fraction of sp³-hybridized carbons (Fsp3) is 0.533. The van der Waals surface area contributed by atoms with Gasteiger partial charge in [-0.2, -0.15) is 0 Å². The van der Waals surface area contributed by atoms with E-state index in [0.29, 0.717) is 12.1 Å². The van der Waals surface area contributed by atoms with Crippen molar-refractivity contribution in [3.8, 4) is 0 Å². The minimum absolute atomic E-state index is 0. The normalized spacial score (nSPS) is 22.8. The van der Waals surface area contributed by atoms with E-state index in [1.807, 2.05) is 30.9 Å². The Morgan fingerprint density at radius 1 is 1.11 bits per heavy atom. The van der Waals surface area contributed by atoms with E-state index in [-0.39, 0.29) is 18.3 Å². The number of aryl methyl sites for hydroxylation is 2. The van der Waals surface area contributed by atoms with Crippen molar-refractivity contribution in [2.24, 2.45) is 0 Å². The van der Waals surface area contributed by atoms with Crippen LogP contribution in [0.25, 0.3) is 0 Å². The van der Waals surface area contributed by atoms with Crippen molar-refractivity contribution >= 4 is 18.3 Å². The second-order valence-electron chi connectivity index (χ2n) is 5.56. The zero-order chi connectivity index (χ0) is 13.3. The van der Waals surface area contributed by atoms with Gasteiger partial charge in [0.2, 0.25) is 0 Å². The van der Waals surface area contributed by atoms with Crippen LogP contribution in [0.15, 0.2) is 18.2 Å². The van der Waals surface area contributed by atoms with E-state index < -0.39 is 0 Å². The Morgan fingerprint density at radius 3 is 2.05 bits per heavy atom. The number of amides is 1. The van der Waals surface area contributed by atoms with Gasteiger partial charge in [0, 0.05) is 30.7 Å². The lowest BCUT2D eigenvalue weighted by atomic mass is 10.0. The number of hydrogen-bond acceptors (Lipinski definition) is 2. The zero-order valence-corrected chi connectivity index (χ0v) is 12.9. The van der Waals surface area contributed by atoms with E-state index in [1.165, 1.54) is 0 Å². The summed E-state index contributed by atoms with van der Waals surface area (Å²) in [6.07, 6.45) is 0. The molecular formula is C15H23ClN2O. The van der Waals surface area contributed by atoms with Crippen LogP contribution in [0.1, 0.15) is 35.3 Å². The molecule has 2 atom stereocenters. The first-order valence-corrected chi connectivity index (χ1v) is 6.59. The molecule has 3 nitrogen and oxygen atoms in total. The molecule has 0 spiro atoms. The Hall–Kier alpha value is -1.06. The lowest BCUT2D eigenvalue weighted by Gasteiger charge is -2.36. The molecule has 1 aliphatic heterocycles. The van der Waals surface area contributed by atoms with Crippen LogP contribution in [0.5, 0.6) is 0 Å². The minimum atomic E-state index is 0. The van der Waals surface area contributed by atoms with Gasteiger partial charge in [0.25, 0.3) is 5.91 Å². The van der Waals surface area contributed by atoms with Crippen LogP contribution in [0, 0.1) is 13.8 Å². The van der Waals surface area contributed by atoms with Gasteiger partial charge >= 0.3 is 0 Å². The molecule has 0 aromatic heterocycles. The van der Waals surface area contributed by atoms with E-state index in [0.717, 1.165) is 29.8 Å². The van der Waals surface area contributed by atoms with Crippen LogP contribution in [-0.2, 0) is 0 Å². The summed E-state index contributed by atoms with van der Waals surface area (Å²) in [5, 5.41) is 3.44. The fourth-order valence-corrected chi connectivity index (χ4v) is 2.77. The molecule has 0 aliphatic carbocycles. The Kier molecular flexibility index (Phi) is 5.39. The summed E-state index contributed by atoms with van der Waals surface area (Å²) in [4.78, 5) is 14.5. The number of nitrogens with one attached hydrogen (secondary N) is 1. The monoisotopic (exact) mass is 282 g/mol. The summed E-state index contributed by atoms with van der Waals surface area (Å²) >= 11 is 0. The molecule has 4 heteroatoms. The number of halogens is 1. The van der Waals surface area contributed by atoms with Crippen molar-refractivity contribution in [3.05, 3.63) is 34.9 Å². The number of benzene rings is 1. The first kappa shape index (κ1) is 16.0. The van der Waals surface area contributed by atoms with E-state index in [1.54, 1.807) is 0 Å². The molecule has 1 saturated heterocycles. The molecule has 1 aromatic carbocycles. The second kappa shape index (κ2) is 6.40. The maximum atomic E-state index is 12.5. The average molecular weight is 283 g/mol. The molecule has 2 unspecified atom stereocenters. The fourth-order valence-electron chi connectivity index (χ4n) is 2.77. The van der Waals surface area contributed by atoms with E-state index in [9.17, 15) is 4.79 Å². The largest absolute Gasteiger partial charge is 0.336 e. The maximum absolute atomic E-state index is 12.5. The first-order valence-electron chi connectivity index (χ1n) is 6.59. The van der Waals surface area contributed by atoms with Gasteiger partial charge in [0.1, 0.15) is 0 Å². The number of carbonyl (C=O) groups is 1. The highest BCUT2D eigenvalue weighted by atomic mass is 35.5. The highest BCUT2D eigenvalue weighted by Gasteiger charge is 2.25. The standard InChI is InChI=1S/C15H22N2O.ClH/c1-10-5-11(2)7-14(6-10)15(18)17-8-12(3)16-13(4)9-17;/h5-7,12-13,16H,8-9H2,1-4H3;1H. The number of hydrogen-bond donors (Lipinski definition) is 1. The summed E-state index contributed by atoms with van der Waals surface area (Å²) in [6.45, 7) is 9.89. The van der Waals surface area contributed by atoms with Crippen LogP contribution < -0.4 is 5.32 Å². The number of rotatable bonds is 1. The Balaban J connectivity index is 0.00000180. The van der Waals surface area contributed by atoms with Crippen molar-refractivity contribution in [2.75, 3.05) is 13.1 Å². The third-order valence-corrected chi connectivity index (χ3v) is 3.31. The molecule has 0 radical (unpaired) electrons. The van der Waals surface area contributed by atoms with Crippen LogP contribution in [-0.4, -0.2) is 36.0 Å². The third kappa shape index (κ3) is 3.95. The summed E-state index contributed by atoms with van der Waals surface area (Å²) < 4.78 is 0. The van der Waals surface area contributed by atoms with Gasteiger partial charge in [0.15, 0.2) is 0 Å². The van der Waals surface area contributed by atoms with Gasteiger partial charge in [0.05, 0.1) is 0 Å². The summed E-state index contributed by atoms with van der Waals surface area (Å²) in [5.41, 5.74) is 3.11. The second-order valence-corrected chi connectivity index (χ2v) is 5.56. The van der Waals surface area contributed by atoms with Crippen molar-refractivity contribution < 1.29 is 4.79 Å². The van der Waals surface area contributed by atoms with Gasteiger partial charge in [-0.05, 0) is 39.8 Å². The molecule has 1 heterocycles. The molecule has 2 rings (SSSR count). The number of carbonyl (C=O) groups excluding carboxylic acids is 1. The Bertz CT molecular complexity index is 431. The van der Waals surface area contributed by atoms with Gasteiger partial charge < -0.3 is 10.2 Å². The molecule has 0 saturated carbocycles. The number of nitrogens with zero attached hydrogens (tertiary/aromatic N) is 1. The Labute approximate surface area is 121 Å². The van der Waals surface area contributed by atoms with Gasteiger partial charge in [-0.15, -0.1) is 12.4 Å².